The molecule has 1 heterocycles. The lowest BCUT2D eigenvalue weighted by molar-refractivity contribution is 1.08. The quantitative estimate of drug-likeness (QED) is 0.220. The van der Waals surface area contributed by atoms with Gasteiger partial charge in [-0.1, -0.05) is 127 Å². The van der Waals surface area contributed by atoms with Gasteiger partial charge in [-0.05, 0) is 67.7 Å². The zero-order valence-electron chi connectivity index (χ0n) is 32.9. The van der Waals surface area contributed by atoms with Crippen molar-refractivity contribution in [3.05, 3.63) is 151 Å². The molecular weight excluding hydrogens is 510 g/mol. The summed E-state index contributed by atoms with van der Waals surface area (Å²) in [5.74, 6) is 0.350. The second-order valence-corrected chi connectivity index (χ2v) is 9.68. The first-order valence-electron chi connectivity index (χ1n) is 18.7. The fourth-order valence-corrected chi connectivity index (χ4v) is 4.89. The van der Waals surface area contributed by atoms with Gasteiger partial charge < -0.3 is 0 Å². The Hall–Kier alpha value is -5.67. The van der Waals surface area contributed by atoms with Crippen molar-refractivity contribution in [1.82, 2.24) is 15.0 Å². The summed E-state index contributed by atoms with van der Waals surface area (Å²) in [4.78, 5) is 14.3. The number of hydrogen-bond donors (Lipinski definition) is 0. The molecule has 0 aliphatic carbocycles. The molecule has 196 valence electrons. The number of nitrogens with zero attached hydrogens (tertiary/aromatic N) is 3. The Bertz CT molecular complexity index is 2750. The molecular formula is C39H25N3. The van der Waals surface area contributed by atoms with Crippen molar-refractivity contribution in [2.45, 2.75) is 0 Å². The molecule has 8 rings (SSSR count). The van der Waals surface area contributed by atoms with Gasteiger partial charge in [0.2, 0.25) is 0 Å². The number of aromatic nitrogens is 3. The maximum Gasteiger partial charge on any atom is 0.164 e. The maximum absolute atomic E-state index is 9.32. The van der Waals surface area contributed by atoms with E-state index in [9.17, 15) is 1.37 Å². The average molecular weight is 547 g/mol. The van der Waals surface area contributed by atoms with Crippen LogP contribution in [0.5, 0.6) is 0 Å². The molecule has 1 aromatic heterocycles. The van der Waals surface area contributed by atoms with Crippen LogP contribution in [0, 0.1) is 0 Å². The molecule has 0 saturated heterocycles. The van der Waals surface area contributed by atoms with E-state index >= 15 is 0 Å². The van der Waals surface area contributed by atoms with E-state index in [4.69, 9.17) is 28.7 Å². The molecule has 3 nitrogen and oxygen atoms in total. The molecule has 0 unspecified atom stereocenters. The van der Waals surface area contributed by atoms with E-state index < -0.39 is 77.6 Å². The van der Waals surface area contributed by atoms with Crippen molar-refractivity contribution in [1.29, 1.82) is 0 Å². The number of hydrogen-bond acceptors (Lipinski definition) is 3. The summed E-state index contributed by atoms with van der Waals surface area (Å²) < 4.78 is 95.6. The van der Waals surface area contributed by atoms with Crippen LogP contribution in [0.25, 0.3) is 77.6 Å². The standard InChI is InChI=1S/C39H25N3/c1-2-8-26(9-3-1)31-16-17-33-25-36(21-18-32(33)22-31)39-41-37(34-19-14-27-10-4-6-12-29(27)23-34)40-38(42-39)35-20-15-28-11-5-7-13-30(28)24-35/h1-25H/i1D,2D,3D,8D,9D,16D,17D,18D,21D,22D,25D. The summed E-state index contributed by atoms with van der Waals surface area (Å²) in [7, 11) is 0. The van der Waals surface area contributed by atoms with E-state index in [1.807, 2.05) is 84.9 Å². The fourth-order valence-electron chi connectivity index (χ4n) is 4.89. The SMILES string of the molecule is [2H]c1c([2H])c([2H])c(-c2c([2H])c([2H])c3c([2H])c(-c4nc(-c5ccc6ccccc6c5)nc(-c5ccc6ccccc6c5)n4)c([2H])c([2H])c3c2[2H])c([2H])c1[2H]. The Morgan fingerprint density at radius 3 is 1.40 bits per heavy atom. The molecule has 0 bridgehead atoms. The third-order valence-electron chi connectivity index (χ3n) is 7.00. The first kappa shape index (κ1) is 15.4. The van der Waals surface area contributed by atoms with Gasteiger partial charge in [-0.25, -0.2) is 15.0 Å². The van der Waals surface area contributed by atoms with E-state index in [1.165, 1.54) is 0 Å². The molecule has 8 aromatic rings. The van der Waals surface area contributed by atoms with Gasteiger partial charge in [-0.15, -0.1) is 0 Å². The van der Waals surface area contributed by atoms with Crippen molar-refractivity contribution in [3.8, 4) is 45.3 Å². The first-order valence-corrected chi connectivity index (χ1v) is 13.2. The minimum absolute atomic E-state index is 0.121. The second kappa shape index (κ2) is 10.1. The highest BCUT2D eigenvalue weighted by Gasteiger charge is 2.14. The highest BCUT2D eigenvalue weighted by atomic mass is 15.0. The summed E-state index contributed by atoms with van der Waals surface area (Å²) in [5.41, 5.74) is 0.116. The molecule has 0 aliphatic heterocycles. The summed E-state index contributed by atoms with van der Waals surface area (Å²) >= 11 is 0. The Labute approximate surface area is 259 Å². The molecule has 0 radical (unpaired) electrons. The number of fused-ring (bicyclic) bond motifs is 3. The van der Waals surface area contributed by atoms with Crippen LogP contribution >= 0.6 is 0 Å². The molecule has 0 N–H and O–H groups in total. The summed E-state index contributed by atoms with van der Waals surface area (Å²) in [6.07, 6.45) is 0. The summed E-state index contributed by atoms with van der Waals surface area (Å²) in [5, 5.41) is 3.22. The van der Waals surface area contributed by atoms with Gasteiger partial charge in [-0.3, -0.25) is 0 Å². The minimum atomic E-state index is -0.686. The van der Waals surface area contributed by atoms with E-state index in [2.05, 4.69) is 0 Å². The molecule has 42 heavy (non-hydrogen) atoms. The highest BCUT2D eigenvalue weighted by molar-refractivity contribution is 5.91. The Morgan fingerprint density at radius 2 is 0.833 bits per heavy atom. The van der Waals surface area contributed by atoms with Crippen molar-refractivity contribution in [3.63, 3.8) is 0 Å². The van der Waals surface area contributed by atoms with E-state index in [0.717, 1.165) is 21.5 Å². The smallest absolute Gasteiger partial charge is 0.164 e. The Kier molecular flexibility index (Phi) is 3.68. The lowest BCUT2D eigenvalue weighted by Gasteiger charge is -2.11. The third-order valence-corrected chi connectivity index (χ3v) is 7.00. The topological polar surface area (TPSA) is 38.7 Å². The maximum atomic E-state index is 9.32. The van der Waals surface area contributed by atoms with Crippen LogP contribution in [-0.4, -0.2) is 15.0 Å². The largest absolute Gasteiger partial charge is 0.208 e. The first-order chi connectivity index (χ1) is 25.4. The zero-order chi connectivity index (χ0) is 37.5. The summed E-state index contributed by atoms with van der Waals surface area (Å²) in [6.45, 7) is 0. The molecule has 0 spiro atoms. The summed E-state index contributed by atoms with van der Waals surface area (Å²) in [6, 6.07) is 20.1. The monoisotopic (exact) mass is 546 g/mol. The van der Waals surface area contributed by atoms with Crippen LogP contribution in [-0.2, 0) is 0 Å². The second-order valence-electron chi connectivity index (χ2n) is 9.68. The van der Waals surface area contributed by atoms with Crippen molar-refractivity contribution in [2.75, 3.05) is 0 Å². The van der Waals surface area contributed by atoms with Crippen LogP contribution < -0.4 is 0 Å². The van der Waals surface area contributed by atoms with Gasteiger partial charge in [0.15, 0.2) is 17.5 Å². The average Bonchev–Trinajstić information content (AvgIpc) is 3.17. The zero-order valence-corrected chi connectivity index (χ0v) is 21.9. The predicted octanol–water partition coefficient (Wildman–Crippen LogP) is 10.00. The van der Waals surface area contributed by atoms with Gasteiger partial charge in [0, 0.05) is 16.7 Å². The van der Waals surface area contributed by atoms with E-state index in [-0.39, 0.29) is 33.8 Å². The molecule has 0 atom stereocenters. The molecule has 0 fully saturated rings. The molecule has 3 heteroatoms. The molecule has 0 aliphatic rings. The lowest BCUT2D eigenvalue weighted by atomic mass is 10.00. The lowest BCUT2D eigenvalue weighted by Crippen LogP contribution is -2.00. The third kappa shape index (κ3) is 4.47. The minimum Gasteiger partial charge on any atom is -0.208 e. The highest BCUT2D eigenvalue weighted by Crippen LogP contribution is 2.31. The van der Waals surface area contributed by atoms with Crippen LogP contribution in [0.15, 0.2) is 151 Å². The fraction of sp³-hybridized carbons (Fsp3) is 0. The number of rotatable bonds is 4. The Balaban J connectivity index is 1.42. The van der Waals surface area contributed by atoms with Crippen LogP contribution in [0.2, 0.25) is 0 Å². The van der Waals surface area contributed by atoms with Crippen LogP contribution in [0.3, 0.4) is 0 Å². The van der Waals surface area contributed by atoms with Gasteiger partial charge in [0.25, 0.3) is 0 Å². The molecule has 0 saturated carbocycles. The van der Waals surface area contributed by atoms with Crippen molar-refractivity contribution in [2.24, 2.45) is 0 Å². The molecule has 0 amide bonds. The van der Waals surface area contributed by atoms with Crippen LogP contribution in [0.1, 0.15) is 15.1 Å². The molecule has 7 aromatic carbocycles. The predicted molar refractivity (Wildman–Crippen MR) is 174 cm³/mol. The van der Waals surface area contributed by atoms with Gasteiger partial charge in [0.05, 0.1) is 15.1 Å². The Morgan fingerprint density at radius 1 is 0.357 bits per heavy atom. The normalized spacial score (nSPS) is 15.0. The van der Waals surface area contributed by atoms with Gasteiger partial charge in [0.1, 0.15) is 0 Å². The van der Waals surface area contributed by atoms with Crippen LogP contribution in [0.4, 0.5) is 0 Å². The van der Waals surface area contributed by atoms with Gasteiger partial charge >= 0.3 is 0 Å². The van der Waals surface area contributed by atoms with E-state index in [0.29, 0.717) is 11.1 Å². The van der Waals surface area contributed by atoms with E-state index in [1.54, 1.807) is 0 Å². The van der Waals surface area contributed by atoms with Crippen molar-refractivity contribution < 1.29 is 15.1 Å². The van der Waals surface area contributed by atoms with Crippen molar-refractivity contribution >= 4 is 32.3 Å². The number of benzene rings is 7. The van der Waals surface area contributed by atoms with Gasteiger partial charge in [-0.2, -0.15) is 0 Å².